The van der Waals surface area contributed by atoms with E-state index in [1.165, 1.54) is 5.56 Å². The van der Waals surface area contributed by atoms with Crippen LogP contribution in [0.25, 0.3) is 0 Å². The smallest absolute Gasteiger partial charge is 0.240 e. The molecule has 0 radical (unpaired) electrons. The van der Waals surface area contributed by atoms with Gasteiger partial charge < -0.3 is 18.9 Å². The van der Waals surface area contributed by atoms with Crippen LogP contribution in [0.3, 0.4) is 0 Å². The summed E-state index contributed by atoms with van der Waals surface area (Å²) in [5, 5.41) is 0. The second-order valence-corrected chi connectivity index (χ2v) is 9.30. The molecule has 7 heteroatoms. The standard InChI is InChI=1S/C30H39N2O5/c1-7-31-21-29(36-5)32(37-6,25-15-11-12-16-26(25)33-2)22-30(31,24-13-9-8-10-14-24)20-23-17-18-27(34-3)28(19-23)35-4/h8-19,29H,7,20-22H2,1-6H3/q+1. The van der Waals surface area contributed by atoms with Crippen LogP contribution in [0.5, 0.6) is 17.2 Å². The maximum atomic E-state index is 6.46. The van der Waals surface area contributed by atoms with E-state index in [2.05, 4.69) is 60.4 Å². The van der Waals surface area contributed by atoms with Gasteiger partial charge >= 0.3 is 0 Å². The Morgan fingerprint density at radius 1 is 0.811 bits per heavy atom. The Bertz CT molecular complexity index is 1170. The van der Waals surface area contributed by atoms with Gasteiger partial charge in [0.1, 0.15) is 12.1 Å². The molecule has 1 fully saturated rings. The molecule has 3 unspecified atom stereocenters. The Hall–Kier alpha value is -3.10. The van der Waals surface area contributed by atoms with Crippen molar-refractivity contribution < 1.29 is 23.8 Å². The van der Waals surface area contributed by atoms with Crippen molar-refractivity contribution >= 4 is 5.69 Å². The van der Waals surface area contributed by atoms with Crippen LogP contribution in [0.2, 0.25) is 0 Å². The minimum absolute atomic E-state index is 0.166. The topological polar surface area (TPSA) is 49.4 Å². The summed E-state index contributed by atoms with van der Waals surface area (Å²) in [7, 11) is 8.54. The Morgan fingerprint density at radius 2 is 1.49 bits per heavy atom. The number of hydrogen-bond acceptors (Lipinski definition) is 6. The summed E-state index contributed by atoms with van der Waals surface area (Å²) in [6, 6.07) is 24.9. The number of hydrogen-bond donors (Lipinski definition) is 0. The largest absolute Gasteiger partial charge is 0.493 e. The van der Waals surface area contributed by atoms with Gasteiger partial charge in [0.15, 0.2) is 17.2 Å². The number of methoxy groups -OCH3 is 4. The zero-order valence-corrected chi connectivity index (χ0v) is 22.8. The molecule has 37 heavy (non-hydrogen) atoms. The van der Waals surface area contributed by atoms with Crippen molar-refractivity contribution in [2.75, 3.05) is 55.2 Å². The van der Waals surface area contributed by atoms with E-state index >= 15 is 0 Å². The molecule has 1 heterocycles. The van der Waals surface area contributed by atoms with Crippen molar-refractivity contribution in [2.24, 2.45) is 0 Å². The molecule has 198 valence electrons. The average Bonchev–Trinajstić information content (AvgIpc) is 2.97. The molecule has 3 atom stereocenters. The second kappa shape index (κ2) is 11.5. The van der Waals surface area contributed by atoms with Gasteiger partial charge in [-0.25, -0.2) is 0 Å². The summed E-state index contributed by atoms with van der Waals surface area (Å²) >= 11 is 0. The highest BCUT2D eigenvalue weighted by atomic mass is 16.7. The highest BCUT2D eigenvalue weighted by molar-refractivity contribution is 5.56. The van der Waals surface area contributed by atoms with Crippen LogP contribution in [0.4, 0.5) is 5.69 Å². The number of hydroxylamine groups is 2. The van der Waals surface area contributed by atoms with E-state index in [1.54, 1.807) is 35.5 Å². The number of para-hydroxylation sites is 2. The van der Waals surface area contributed by atoms with Gasteiger partial charge in [0.25, 0.3) is 0 Å². The van der Waals surface area contributed by atoms with Gasteiger partial charge in [-0.2, -0.15) is 4.84 Å². The fourth-order valence-corrected chi connectivity index (χ4v) is 5.85. The molecule has 0 amide bonds. The van der Waals surface area contributed by atoms with Crippen molar-refractivity contribution in [2.45, 2.75) is 25.1 Å². The van der Waals surface area contributed by atoms with Crippen LogP contribution in [-0.2, 0) is 21.5 Å². The quantitative estimate of drug-likeness (QED) is 0.359. The monoisotopic (exact) mass is 507 g/mol. The molecule has 0 bridgehead atoms. The first-order valence-electron chi connectivity index (χ1n) is 12.6. The predicted molar refractivity (Wildman–Crippen MR) is 146 cm³/mol. The molecule has 1 aliphatic heterocycles. The molecular formula is C30H39N2O5+. The van der Waals surface area contributed by atoms with E-state index < -0.39 is 5.54 Å². The van der Waals surface area contributed by atoms with Gasteiger partial charge in [0.05, 0.1) is 35.0 Å². The Balaban J connectivity index is 1.94. The van der Waals surface area contributed by atoms with Crippen molar-refractivity contribution in [3.8, 4) is 17.2 Å². The molecule has 7 nitrogen and oxygen atoms in total. The van der Waals surface area contributed by atoms with Gasteiger partial charge in [0, 0.05) is 19.6 Å². The first-order valence-corrected chi connectivity index (χ1v) is 12.6. The summed E-state index contributed by atoms with van der Waals surface area (Å²) in [5.41, 5.74) is 2.88. The Labute approximate surface area is 220 Å². The summed E-state index contributed by atoms with van der Waals surface area (Å²) in [6.45, 7) is 4.32. The third kappa shape index (κ3) is 4.80. The van der Waals surface area contributed by atoms with Crippen molar-refractivity contribution in [1.29, 1.82) is 0 Å². The maximum absolute atomic E-state index is 6.46. The normalized spacial score (nSPS) is 24.0. The lowest BCUT2D eigenvalue weighted by atomic mass is 9.79. The highest BCUT2D eigenvalue weighted by Crippen LogP contribution is 2.47. The lowest BCUT2D eigenvalue weighted by Crippen LogP contribution is -2.74. The molecule has 0 spiro atoms. The van der Waals surface area contributed by atoms with E-state index in [1.807, 2.05) is 24.3 Å². The van der Waals surface area contributed by atoms with E-state index in [0.717, 1.165) is 30.0 Å². The molecule has 0 N–H and O–H groups in total. The molecule has 4 rings (SSSR count). The van der Waals surface area contributed by atoms with Gasteiger partial charge in [0.2, 0.25) is 11.9 Å². The zero-order chi connectivity index (χ0) is 26.5. The van der Waals surface area contributed by atoms with E-state index in [-0.39, 0.29) is 10.9 Å². The predicted octanol–water partition coefficient (Wildman–Crippen LogP) is 5.03. The van der Waals surface area contributed by atoms with Gasteiger partial charge in [-0.15, -0.1) is 4.65 Å². The minimum atomic E-state index is -0.415. The molecule has 0 aromatic heterocycles. The number of benzene rings is 3. The SMILES string of the molecule is CCN1CC(OC)[N+](OC)(c2ccccc2OC)CC1(Cc1ccc(OC)c(OC)c1)c1ccccc1. The number of ether oxygens (including phenoxy) is 4. The number of piperazine rings is 1. The first kappa shape index (κ1) is 26.9. The molecule has 0 aliphatic carbocycles. The van der Waals surface area contributed by atoms with Crippen LogP contribution in [0.1, 0.15) is 18.1 Å². The Kier molecular flexibility index (Phi) is 8.39. The number of likely N-dealkylation sites (N-methyl/N-ethyl adjacent to an activating group) is 1. The summed E-state index contributed by atoms with van der Waals surface area (Å²) in [6.07, 6.45) is 0.476. The number of rotatable bonds is 10. The average molecular weight is 508 g/mol. The summed E-state index contributed by atoms with van der Waals surface area (Å²) < 4.78 is 23.3. The third-order valence-electron chi connectivity index (χ3n) is 7.67. The lowest BCUT2D eigenvalue weighted by Gasteiger charge is -2.55. The number of nitrogens with zero attached hydrogens (tertiary/aromatic N) is 2. The van der Waals surface area contributed by atoms with Crippen molar-refractivity contribution in [3.63, 3.8) is 0 Å². The lowest BCUT2D eigenvalue weighted by molar-refractivity contribution is -0.266. The molecular weight excluding hydrogens is 468 g/mol. The van der Waals surface area contributed by atoms with Crippen LogP contribution < -0.4 is 18.9 Å². The molecule has 3 aromatic carbocycles. The second-order valence-electron chi connectivity index (χ2n) is 9.30. The van der Waals surface area contributed by atoms with Crippen LogP contribution in [0, 0.1) is 0 Å². The minimum Gasteiger partial charge on any atom is -0.493 e. The van der Waals surface area contributed by atoms with Crippen LogP contribution in [-0.4, -0.2) is 66.3 Å². The molecule has 3 aromatic rings. The van der Waals surface area contributed by atoms with Crippen molar-refractivity contribution in [1.82, 2.24) is 9.55 Å². The van der Waals surface area contributed by atoms with Crippen LogP contribution in [0.15, 0.2) is 72.8 Å². The van der Waals surface area contributed by atoms with Gasteiger partial charge in [-0.1, -0.05) is 55.5 Å². The van der Waals surface area contributed by atoms with Crippen LogP contribution >= 0.6 is 0 Å². The zero-order valence-electron chi connectivity index (χ0n) is 22.8. The molecule has 0 saturated carbocycles. The van der Waals surface area contributed by atoms with E-state index in [0.29, 0.717) is 24.6 Å². The fourth-order valence-electron chi connectivity index (χ4n) is 5.85. The highest BCUT2D eigenvalue weighted by Gasteiger charge is 2.58. The summed E-state index contributed by atoms with van der Waals surface area (Å²) in [5.74, 6) is 2.20. The fraction of sp³-hybridized carbons (Fsp3) is 0.400. The Morgan fingerprint density at radius 3 is 2.11 bits per heavy atom. The van der Waals surface area contributed by atoms with E-state index in [4.69, 9.17) is 23.8 Å². The van der Waals surface area contributed by atoms with Gasteiger partial charge in [-0.3, -0.25) is 4.90 Å². The van der Waals surface area contributed by atoms with Gasteiger partial charge in [-0.05, 0) is 35.9 Å². The number of quaternary nitrogens is 1. The molecule has 1 aliphatic rings. The van der Waals surface area contributed by atoms with E-state index in [9.17, 15) is 0 Å². The van der Waals surface area contributed by atoms with Crippen molar-refractivity contribution in [3.05, 3.63) is 83.9 Å². The first-order chi connectivity index (χ1) is 18.0. The third-order valence-corrected chi connectivity index (χ3v) is 7.67. The molecule has 1 saturated heterocycles. The maximum Gasteiger partial charge on any atom is 0.240 e. The summed E-state index contributed by atoms with van der Waals surface area (Å²) in [4.78, 5) is 8.97.